The van der Waals surface area contributed by atoms with Crippen LogP contribution in [0.2, 0.25) is 0 Å². The Balaban J connectivity index is 2.15. The van der Waals surface area contributed by atoms with Crippen LogP contribution >= 0.6 is 11.8 Å². The molecule has 0 aliphatic heterocycles. The minimum absolute atomic E-state index is 0.217. The monoisotopic (exact) mass is 290 g/mol. The number of hydrogen-bond acceptors (Lipinski definition) is 4. The Labute approximate surface area is 124 Å². The quantitative estimate of drug-likeness (QED) is 0.920. The van der Waals surface area contributed by atoms with E-state index in [0.717, 1.165) is 28.6 Å². The van der Waals surface area contributed by atoms with Gasteiger partial charge in [0, 0.05) is 19.3 Å². The maximum atomic E-state index is 5.99. The van der Waals surface area contributed by atoms with Gasteiger partial charge in [-0.15, -0.1) is 0 Å². The summed E-state index contributed by atoms with van der Waals surface area (Å²) >= 11 is 1.65. The number of aryl methyl sites for hydroxylation is 3. The summed E-state index contributed by atoms with van der Waals surface area (Å²) in [4.78, 5) is 4.58. The second-order valence-electron chi connectivity index (χ2n) is 5.19. The van der Waals surface area contributed by atoms with Gasteiger partial charge < -0.3 is 5.73 Å². The normalized spacial score (nSPS) is 12.7. The Bertz CT molecular complexity index is 592. The topological polar surface area (TPSA) is 56.7 Å². The Hall–Kier alpha value is -1.33. The van der Waals surface area contributed by atoms with E-state index in [-0.39, 0.29) is 6.04 Å². The van der Waals surface area contributed by atoms with E-state index in [1.54, 1.807) is 11.8 Å². The number of rotatable bonds is 5. The maximum absolute atomic E-state index is 5.99. The van der Waals surface area contributed by atoms with Gasteiger partial charge in [-0.1, -0.05) is 24.8 Å². The average molecular weight is 290 g/mol. The van der Waals surface area contributed by atoms with Crippen molar-refractivity contribution in [3.05, 3.63) is 35.2 Å². The van der Waals surface area contributed by atoms with Gasteiger partial charge in [-0.05, 0) is 43.9 Å². The van der Waals surface area contributed by atoms with Gasteiger partial charge in [-0.3, -0.25) is 4.68 Å². The molecule has 0 radical (unpaired) electrons. The van der Waals surface area contributed by atoms with Crippen LogP contribution in [0.25, 0.3) is 0 Å². The smallest absolute Gasteiger partial charge is 0.105 e. The first-order valence-electron chi connectivity index (χ1n) is 6.89. The van der Waals surface area contributed by atoms with Crippen LogP contribution in [0.15, 0.2) is 28.4 Å². The van der Waals surface area contributed by atoms with Crippen molar-refractivity contribution in [3.63, 3.8) is 0 Å². The second-order valence-corrected chi connectivity index (χ2v) is 6.20. The molecule has 0 fully saturated rings. The van der Waals surface area contributed by atoms with Gasteiger partial charge in [0.25, 0.3) is 0 Å². The average Bonchev–Trinajstić information content (AvgIpc) is 2.71. The first-order chi connectivity index (χ1) is 9.49. The molecule has 4 nitrogen and oxygen atoms in total. The minimum atomic E-state index is 0.217. The third kappa shape index (κ3) is 3.61. The van der Waals surface area contributed by atoms with Gasteiger partial charge in [0.1, 0.15) is 10.1 Å². The molecule has 0 spiro atoms. The van der Waals surface area contributed by atoms with Crippen LogP contribution in [0.5, 0.6) is 0 Å². The molecule has 0 saturated carbocycles. The summed E-state index contributed by atoms with van der Waals surface area (Å²) in [6.45, 7) is 6.21. The molecule has 0 aliphatic rings. The summed E-state index contributed by atoms with van der Waals surface area (Å²) in [5, 5.41) is 6.49. The molecule has 2 rings (SSSR count). The molecule has 2 aromatic rings. The number of hydrogen-bond donors (Lipinski definition) is 1. The number of pyridine rings is 1. The third-order valence-corrected chi connectivity index (χ3v) is 4.48. The predicted molar refractivity (Wildman–Crippen MR) is 83.0 cm³/mol. The zero-order valence-electron chi connectivity index (χ0n) is 12.6. The molecular weight excluding hydrogens is 268 g/mol. The molecule has 2 heterocycles. The van der Waals surface area contributed by atoms with Gasteiger partial charge in [0.05, 0.1) is 5.69 Å². The summed E-state index contributed by atoms with van der Waals surface area (Å²) < 4.78 is 1.89. The molecular formula is C15H22N4S. The summed E-state index contributed by atoms with van der Waals surface area (Å²) in [7, 11) is 1.96. The molecule has 1 unspecified atom stereocenters. The lowest BCUT2D eigenvalue weighted by Crippen LogP contribution is -2.21. The highest BCUT2D eigenvalue weighted by Crippen LogP contribution is 2.29. The molecule has 0 aromatic carbocycles. The van der Waals surface area contributed by atoms with Crippen LogP contribution in [0.4, 0.5) is 0 Å². The highest BCUT2D eigenvalue weighted by molar-refractivity contribution is 7.99. The van der Waals surface area contributed by atoms with E-state index < -0.39 is 0 Å². The fourth-order valence-electron chi connectivity index (χ4n) is 2.07. The molecule has 20 heavy (non-hydrogen) atoms. The van der Waals surface area contributed by atoms with E-state index in [1.165, 1.54) is 11.1 Å². The zero-order chi connectivity index (χ0) is 14.7. The van der Waals surface area contributed by atoms with Crippen molar-refractivity contribution in [3.8, 4) is 0 Å². The van der Waals surface area contributed by atoms with Gasteiger partial charge >= 0.3 is 0 Å². The summed E-state index contributed by atoms with van der Waals surface area (Å²) in [6, 6.07) is 4.48. The van der Waals surface area contributed by atoms with Crippen LogP contribution in [-0.4, -0.2) is 20.8 Å². The van der Waals surface area contributed by atoms with Crippen molar-refractivity contribution in [1.82, 2.24) is 14.8 Å². The van der Waals surface area contributed by atoms with Crippen molar-refractivity contribution in [2.45, 2.75) is 49.7 Å². The van der Waals surface area contributed by atoms with E-state index in [0.29, 0.717) is 0 Å². The van der Waals surface area contributed by atoms with Crippen molar-refractivity contribution < 1.29 is 0 Å². The molecule has 2 aromatic heterocycles. The molecule has 0 saturated heterocycles. The fraction of sp³-hybridized carbons (Fsp3) is 0.467. The first kappa shape index (κ1) is 15.1. The van der Waals surface area contributed by atoms with Crippen LogP contribution in [0, 0.1) is 13.8 Å². The fourth-order valence-corrected chi connectivity index (χ4v) is 2.99. The lowest BCUT2D eigenvalue weighted by atomic mass is 10.1. The SMILES string of the molecule is CCC(N)Cc1cnc(Sc2cc(C)nn2C)c(C)c1. The summed E-state index contributed by atoms with van der Waals surface area (Å²) in [6.07, 6.45) is 3.82. The van der Waals surface area contributed by atoms with Crippen molar-refractivity contribution in [1.29, 1.82) is 0 Å². The minimum Gasteiger partial charge on any atom is -0.327 e. The van der Waals surface area contributed by atoms with E-state index >= 15 is 0 Å². The Morgan fingerprint density at radius 1 is 1.35 bits per heavy atom. The molecule has 0 aliphatic carbocycles. The highest BCUT2D eigenvalue weighted by Gasteiger charge is 2.09. The van der Waals surface area contributed by atoms with E-state index in [1.807, 2.05) is 24.9 Å². The zero-order valence-corrected chi connectivity index (χ0v) is 13.4. The predicted octanol–water partition coefficient (Wildman–Crippen LogP) is 2.86. The second kappa shape index (κ2) is 6.41. The van der Waals surface area contributed by atoms with E-state index in [4.69, 9.17) is 5.73 Å². The van der Waals surface area contributed by atoms with E-state index in [9.17, 15) is 0 Å². The van der Waals surface area contributed by atoms with Crippen molar-refractivity contribution in [2.24, 2.45) is 12.8 Å². The van der Waals surface area contributed by atoms with Gasteiger partial charge in [0.15, 0.2) is 0 Å². The van der Waals surface area contributed by atoms with Crippen LogP contribution in [0.3, 0.4) is 0 Å². The Morgan fingerprint density at radius 3 is 2.65 bits per heavy atom. The van der Waals surface area contributed by atoms with Crippen LogP contribution < -0.4 is 5.73 Å². The molecule has 1 atom stereocenters. The lowest BCUT2D eigenvalue weighted by molar-refractivity contribution is 0.644. The molecule has 108 valence electrons. The Morgan fingerprint density at radius 2 is 2.10 bits per heavy atom. The van der Waals surface area contributed by atoms with Crippen molar-refractivity contribution >= 4 is 11.8 Å². The van der Waals surface area contributed by atoms with Crippen LogP contribution in [-0.2, 0) is 13.5 Å². The number of aromatic nitrogens is 3. The largest absolute Gasteiger partial charge is 0.327 e. The van der Waals surface area contributed by atoms with Gasteiger partial charge in [0.2, 0.25) is 0 Å². The third-order valence-electron chi connectivity index (χ3n) is 3.27. The standard InChI is InChI=1S/C15H22N4S/c1-5-13(16)8-12-6-10(2)15(17-9-12)20-14-7-11(3)18-19(14)4/h6-7,9,13H,5,8,16H2,1-4H3. The molecule has 2 N–H and O–H groups in total. The summed E-state index contributed by atoms with van der Waals surface area (Å²) in [5.41, 5.74) is 9.42. The molecule has 0 amide bonds. The van der Waals surface area contributed by atoms with Gasteiger partial charge in [-0.25, -0.2) is 4.98 Å². The van der Waals surface area contributed by atoms with Crippen LogP contribution in [0.1, 0.15) is 30.2 Å². The van der Waals surface area contributed by atoms with E-state index in [2.05, 4.69) is 36.1 Å². The lowest BCUT2D eigenvalue weighted by Gasteiger charge is -2.10. The van der Waals surface area contributed by atoms with Crippen molar-refractivity contribution in [2.75, 3.05) is 0 Å². The Kier molecular flexibility index (Phi) is 4.83. The molecule has 0 bridgehead atoms. The van der Waals surface area contributed by atoms with Gasteiger partial charge in [-0.2, -0.15) is 5.10 Å². The number of nitrogens with zero attached hydrogens (tertiary/aromatic N) is 3. The summed E-state index contributed by atoms with van der Waals surface area (Å²) in [5.74, 6) is 0. The first-order valence-corrected chi connectivity index (χ1v) is 7.70. The molecule has 5 heteroatoms. The number of nitrogens with two attached hydrogens (primary N) is 1. The maximum Gasteiger partial charge on any atom is 0.105 e. The highest BCUT2D eigenvalue weighted by atomic mass is 32.2.